The van der Waals surface area contributed by atoms with Gasteiger partial charge in [-0.1, -0.05) is 26.8 Å². The van der Waals surface area contributed by atoms with E-state index in [-0.39, 0.29) is 11.3 Å². The molecule has 4 nitrogen and oxygen atoms in total. The zero-order chi connectivity index (χ0) is 14.8. The van der Waals surface area contributed by atoms with E-state index in [1.165, 1.54) is 0 Å². The molecule has 0 spiro atoms. The molecular formula is C15H24N2O2. The molecule has 4 heteroatoms. The highest BCUT2D eigenvalue weighted by atomic mass is 16.5. The van der Waals surface area contributed by atoms with Crippen molar-refractivity contribution in [1.29, 1.82) is 0 Å². The van der Waals surface area contributed by atoms with Crippen LogP contribution in [0.5, 0.6) is 5.75 Å². The lowest BCUT2D eigenvalue weighted by atomic mass is 9.87. The molecule has 0 saturated carbocycles. The maximum absolute atomic E-state index is 12.1. The molecule has 3 N–H and O–H groups in total. The molecule has 1 atom stereocenters. The van der Waals surface area contributed by atoms with Crippen LogP contribution in [0.1, 0.15) is 31.9 Å². The highest BCUT2D eigenvalue weighted by Crippen LogP contribution is 2.29. The molecule has 0 aliphatic carbocycles. The predicted octanol–water partition coefficient (Wildman–Crippen LogP) is 2.62. The van der Waals surface area contributed by atoms with E-state index < -0.39 is 6.04 Å². The number of anilines is 1. The molecule has 0 unspecified atom stereocenters. The van der Waals surface area contributed by atoms with Crippen LogP contribution < -0.4 is 15.8 Å². The van der Waals surface area contributed by atoms with Gasteiger partial charge in [-0.3, -0.25) is 4.79 Å². The van der Waals surface area contributed by atoms with E-state index in [9.17, 15) is 4.79 Å². The number of nitrogens with two attached hydrogens (primary N) is 1. The van der Waals surface area contributed by atoms with Crippen LogP contribution in [0, 0.1) is 19.3 Å². The summed E-state index contributed by atoms with van der Waals surface area (Å²) in [5, 5.41) is 2.87. The molecule has 19 heavy (non-hydrogen) atoms. The number of benzene rings is 1. The van der Waals surface area contributed by atoms with Gasteiger partial charge < -0.3 is 15.8 Å². The third-order valence-electron chi connectivity index (χ3n) is 3.28. The van der Waals surface area contributed by atoms with Gasteiger partial charge in [0.05, 0.1) is 13.2 Å². The molecule has 1 rings (SSSR count). The topological polar surface area (TPSA) is 64.3 Å². The van der Waals surface area contributed by atoms with Gasteiger partial charge in [-0.15, -0.1) is 0 Å². The van der Waals surface area contributed by atoms with Crippen molar-refractivity contribution in [2.45, 2.75) is 40.7 Å². The van der Waals surface area contributed by atoms with Crippen LogP contribution in [-0.2, 0) is 4.79 Å². The predicted molar refractivity (Wildman–Crippen MR) is 78.5 cm³/mol. The van der Waals surface area contributed by atoms with E-state index in [1.54, 1.807) is 7.11 Å². The van der Waals surface area contributed by atoms with Gasteiger partial charge in [0, 0.05) is 11.3 Å². The van der Waals surface area contributed by atoms with Gasteiger partial charge in [-0.05, 0) is 30.9 Å². The molecule has 0 fully saturated rings. The summed E-state index contributed by atoms with van der Waals surface area (Å²) in [4.78, 5) is 12.1. The lowest BCUT2D eigenvalue weighted by Crippen LogP contribution is -2.45. The van der Waals surface area contributed by atoms with E-state index in [2.05, 4.69) is 5.32 Å². The van der Waals surface area contributed by atoms with Crippen molar-refractivity contribution in [3.63, 3.8) is 0 Å². The van der Waals surface area contributed by atoms with Gasteiger partial charge in [0.25, 0.3) is 0 Å². The molecule has 0 saturated heterocycles. The number of carbonyl (C=O) groups is 1. The number of nitrogens with one attached hydrogen (secondary N) is 1. The standard InChI is InChI=1S/C15H24N2O2/c1-9-7-8-11(10(2)12(9)19-6)17-14(18)13(16)15(3,4)5/h7-8,13H,16H2,1-6H3,(H,17,18)/t13-/m1/s1. The normalized spacial score (nSPS) is 13.0. The number of hydrogen-bond acceptors (Lipinski definition) is 3. The molecule has 0 aromatic heterocycles. The SMILES string of the molecule is COc1c(C)ccc(NC(=O)[C@@H](N)C(C)(C)C)c1C. The van der Waals surface area contributed by atoms with Gasteiger partial charge in [-0.2, -0.15) is 0 Å². The summed E-state index contributed by atoms with van der Waals surface area (Å²) in [6.45, 7) is 9.72. The first-order valence-electron chi connectivity index (χ1n) is 6.39. The molecule has 1 amide bonds. The molecule has 0 aliphatic heterocycles. The Morgan fingerprint density at radius 1 is 1.32 bits per heavy atom. The van der Waals surface area contributed by atoms with Gasteiger partial charge in [-0.25, -0.2) is 0 Å². The number of methoxy groups -OCH3 is 1. The quantitative estimate of drug-likeness (QED) is 0.882. The van der Waals surface area contributed by atoms with Gasteiger partial charge in [0.15, 0.2) is 0 Å². The van der Waals surface area contributed by atoms with Gasteiger partial charge in [0.2, 0.25) is 5.91 Å². The minimum Gasteiger partial charge on any atom is -0.496 e. The van der Waals surface area contributed by atoms with Crippen molar-refractivity contribution in [2.24, 2.45) is 11.1 Å². The highest BCUT2D eigenvalue weighted by Gasteiger charge is 2.27. The Kier molecular flexibility index (Phi) is 4.58. The third kappa shape index (κ3) is 3.47. The van der Waals surface area contributed by atoms with Crippen LogP contribution in [-0.4, -0.2) is 19.1 Å². The van der Waals surface area contributed by atoms with Gasteiger partial charge >= 0.3 is 0 Å². The van der Waals surface area contributed by atoms with Crippen molar-refractivity contribution in [3.05, 3.63) is 23.3 Å². The van der Waals surface area contributed by atoms with Crippen LogP contribution in [0.15, 0.2) is 12.1 Å². The van der Waals surface area contributed by atoms with E-state index >= 15 is 0 Å². The number of ether oxygens (including phenoxy) is 1. The summed E-state index contributed by atoms with van der Waals surface area (Å²) in [6, 6.07) is 3.24. The fourth-order valence-corrected chi connectivity index (χ4v) is 1.88. The Bertz CT molecular complexity index is 476. The Morgan fingerprint density at radius 2 is 1.89 bits per heavy atom. The Hall–Kier alpha value is -1.55. The molecule has 1 aromatic carbocycles. The van der Waals surface area contributed by atoms with Crippen LogP contribution >= 0.6 is 0 Å². The third-order valence-corrected chi connectivity index (χ3v) is 3.28. The molecule has 0 aliphatic rings. The molecular weight excluding hydrogens is 240 g/mol. The molecule has 106 valence electrons. The van der Waals surface area contributed by atoms with Crippen molar-refractivity contribution in [3.8, 4) is 5.75 Å². The Labute approximate surface area is 115 Å². The second-order valence-corrected chi connectivity index (χ2v) is 5.92. The first-order valence-corrected chi connectivity index (χ1v) is 6.39. The fraction of sp³-hybridized carbons (Fsp3) is 0.533. The number of hydrogen-bond donors (Lipinski definition) is 2. The van der Waals surface area contributed by atoms with Crippen LogP contribution in [0.25, 0.3) is 0 Å². The maximum atomic E-state index is 12.1. The number of amides is 1. The van der Waals surface area contributed by atoms with E-state index in [0.29, 0.717) is 0 Å². The maximum Gasteiger partial charge on any atom is 0.241 e. The first kappa shape index (κ1) is 15.5. The number of aryl methyl sites for hydroxylation is 1. The molecule has 0 bridgehead atoms. The monoisotopic (exact) mass is 264 g/mol. The summed E-state index contributed by atoms with van der Waals surface area (Å²) < 4.78 is 5.34. The fourth-order valence-electron chi connectivity index (χ4n) is 1.88. The van der Waals surface area contributed by atoms with Crippen LogP contribution in [0.3, 0.4) is 0 Å². The summed E-state index contributed by atoms with van der Waals surface area (Å²) in [5.41, 5.74) is 8.37. The second-order valence-electron chi connectivity index (χ2n) is 5.92. The lowest BCUT2D eigenvalue weighted by molar-refractivity contribution is -0.119. The van der Waals surface area contributed by atoms with E-state index in [0.717, 1.165) is 22.6 Å². The minimum absolute atomic E-state index is 0.179. The molecule has 1 aromatic rings. The summed E-state index contributed by atoms with van der Waals surface area (Å²) in [7, 11) is 1.63. The highest BCUT2D eigenvalue weighted by molar-refractivity contribution is 5.96. The van der Waals surface area contributed by atoms with Crippen LogP contribution in [0.4, 0.5) is 5.69 Å². The Morgan fingerprint density at radius 3 is 2.37 bits per heavy atom. The summed E-state index contributed by atoms with van der Waals surface area (Å²) in [5.74, 6) is 0.614. The zero-order valence-corrected chi connectivity index (χ0v) is 12.6. The smallest absolute Gasteiger partial charge is 0.241 e. The van der Waals surface area contributed by atoms with Crippen LogP contribution in [0.2, 0.25) is 0 Å². The average Bonchev–Trinajstić information content (AvgIpc) is 2.31. The Balaban J connectivity index is 2.98. The van der Waals surface area contributed by atoms with Crippen molar-refractivity contribution in [1.82, 2.24) is 0 Å². The minimum atomic E-state index is -0.556. The average molecular weight is 264 g/mol. The van der Waals surface area contributed by atoms with E-state index in [1.807, 2.05) is 46.8 Å². The second kappa shape index (κ2) is 5.61. The largest absolute Gasteiger partial charge is 0.496 e. The lowest BCUT2D eigenvalue weighted by Gasteiger charge is -2.26. The van der Waals surface area contributed by atoms with Crippen molar-refractivity contribution in [2.75, 3.05) is 12.4 Å². The first-order chi connectivity index (χ1) is 8.68. The van der Waals surface area contributed by atoms with Crippen molar-refractivity contribution >= 4 is 11.6 Å². The molecule has 0 heterocycles. The van der Waals surface area contributed by atoms with Gasteiger partial charge in [0.1, 0.15) is 5.75 Å². The summed E-state index contributed by atoms with van der Waals surface area (Å²) >= 11 is 0. The molecule has 0 radical (unpaired) electrons. The zero-order valence-electron chi connectivity index (χ0n) is 12.6. The summed E-state index contributed by atoms with van der Waals surface area (Å²) in [6.07, 6.45) is 0. The van der Waals surface area contributed by atoms with Crippen molar-refractivity contribution < 1.29 is 9.53 Å². The van der Waals surface area contributed by atoms with E-state index in [4.69, 9.17) is 10.5 Å². The number of rotatable bonds is 3. The number of carbonyl (C=O) groups excluding carboxylic acids is 1.